The van der Waals surface area contributed by atoms with Crippen LogP contribution in [-0.4, -0.2) is 36.1 Å². The van der Waals surface area contributed by atoms with Gasteiger partial charge in [-0.25, -0.2) is 0 Å². The number of fused-ring (bicyclic) bond motifs is 5. The van der Waals surface area contributed by atoms with E-state index >= 15 is 0 Å². The molecule has 0 aromatic carbocycles. The summed E-state index contributed by atoms with van der Waals surface area (Å²) in [5.41, 5.74) is 1.85. The van der Waals surface area contributed by atoms with Gasteiger partial charge in [0.05, 0.1) is 6.10 Å². The molecule has 4 rings (SSSR count). The minimum Gasteiger partial charge on any atom is -0.393 e. The molecule has 4 aliphatic carbocycles. The summed E-state index contributed by atoms with van der Waals surface area (Å²) < 4.78 is 0. The van der Waals surface area contributed by atoms with Crippen LogP contribution in [0.5, 0.6) is 0 Å². The molecule has 2 amide bonds. The first kappa shape index (κ1) is 20.9. The predicted octanol–water partition coefficient (Wildman–Crippen LogP) is 3.18. The zero-order chi connectivity index (χ0) is 20.8. The van der Waals surface area contributed by atoms with Gasteiger partial charge in [0, 0.05) is 25.9 Å². The van der Waals surface area contributed by atoms with Crippen molar-refractivity contribution in [3.63, 3.8) is 0 Å². The maximum absolute atomic E-state index is 13.0. The summed E-state index contributed by atoms with van der Waals surface area (Å²) in [6, 6.07) is 0. The van der Waals surface area contributed by atoms with Crippen molar-refractivity contribution in [2.45, 2.75) is 78.2 Å². The fourth-order valence-corrected chi connectivity index (χ4v) is 7.62. The largest absolute Gasteiger partial charge is 0.393 e. The zero-order valence-corrected chi connectivity index (χ0v) is 18.3. The first-order valence-corrected chi connectivity index (χ1v) is 11.7. The van der Waals surface area contributed by atoms with E-state index in [0.717, 1.165) is 44.9 Å². The lowest BCUT2D eigenvalue weighted by Crippen LogP contribution is -2.52. The number of rotatable bonds is 4. The fourth-order valence-electron chi connectivity index (χ4n) is 7.62. The lowest BCUT2D eigenvalue weighted by molar-refractivity contribution is -0.132. The van der Waals surface area contributed by atoms with Crippen molar-refractivity contribution < 1.29 is 14.7 Å². The smallest absolute Gasteiger partial charge is 0.223 e. The fraction of sp³-hybridized carbons (Fsp3) is 0.833. The number of nitrogens with one attached hydrogen (secondary N) is 2. The first-order valence-electron chi connectivity index (χ1n) is 11.7. The molecular formula is C24H38N2O3. The number of carbonyl (C=O) groups is 2. The molecule has 162 valence electrons. The third kappa shape index (κ3) is 3.54. The van der Waals surface area contributed by atoms with E-state index in [4.69, 9.17) is 0 Å². The van der Waals surface area contributed by atoms with Crippen LogP contribution in [0.3, 0.4) is 0 Å². The molecular weight excluding hydrogens is 364 g/mol. The van der Waals surface area contributed by atoms with Gasteiger partial charge in [-0.15, -0.1) is 0 Å². The molecule has 0 spiro atoms. The highest BCUT2D eigenvalue weighted by atomic mass is 16.3. The number of aliphatic hydroxyl groups is 1. The second kappa shape index (κ2) is 7.72. The molecule has 0 bridgehead atoms. The van der Waals surface area contributed by atoms with E-state index in [1.54, 1.807) is 0 Å². The summed E-state index contributed by atoms with van der Waals surface area (Å²) in [6.45, 7) is 7.32. The molecule has 7 atom stereocenters. The van der Waals surface area contributed by atoms with E-state index in [-0.39, 0.29) is 34.7 Å². The highest BCUT2D eigenvalue weighted by Gasteiger charge is 2.59. The van der Waals surface area contributed by atoms with Gasteiger partial charge in [0.1, 0.15) is 0 Å². The van der Waals surface area contributed by atoms with Gasteiger partial charge in [0.25, 0.3) is 0 Å². The molecule has 3 N–H and O–H groups in total. The predicted molar refractivity (Wildman–Crippen MR) is 113 cm³/mol. The van der Waals surface area contributed by atoms with E-state index in [1.165, 1.54) is 18.9 Å². The van der Waals surface area contributed by atoms with Gasteiger partial charge in [-0.1, -0.05) is 25.5 Å². The number of carbonyl (C=O) groups excluding carboxylic acids is 2. The maximum atomic E-state index is 13.0. The molecule has 0 aliphatic heterocycles. The number of hydrogen-bond acceptors (Lipinski definition) is 3. The quantitative estimate of drug-likeness (QED) is 0.499. The molecule has 0 saturated heterocycles. The second-order valence-corrected chi connectivity index (χ2v) is 10.6. The first-order chi connectivity index (χ1) is 13.8. The molecule has 0 heterocycles. The van der Waals surface area contributed by atoms with Crippen LogP contribution in [0.4, 0.5) is 0 Å². The van der Waals surface area contributed by atoms with Gasteiger partial charge in [-0.2, -0.15) is 0 Å². The van der Waals surface area contributed by atoms with E-state index in [9.17, 15) is 14.7 Å². The van der Waals surface area contributed by atoms with Crippen LogP contribution in [0.1, 0.15) is 72.1 Å². The maximum Gasteiger partial charge on any atom is 0.223 e. The summed E-state index contributed by atoms with van der Waals surface area (Å²) >= 11 is 0. The highest BCUT2D eigenvalue weighted by Crippen LogP contribution is 2.66. The van der Waals surface area contributed by atoms with Crippen molar-refractivity contribution in [1.29, 1.82) is 0 Å². The van der Waals surface area contributed by atoms with Crippen LogP contribution in [-0.2, 0) is 9.59 Å². The molecule has 0 aromatic heterocycles. The SMILES string of the molecule is CC(=O)NCCNC(=O)[C@H]1CC[C@H]2[C@@H]3CC=C4C[C@@H](O)CC[C@]4(C)[C@H]3CC[C@]12C. The Morgan fingerprint density at radius 3 is 2.59 bits per heavy atom. The van der Waals surface area contributed by atoms with Gasteiger partial charge in [-0.3, -0.25) is 9.59 Å². The molecule has 3 saturated carbocycles. The average molecular weight is 403 g/mol. The molecule has 0 radical (unpaired) electrons. The van der Waals surface area contributed by atoms with Gasteiger partial charge < -0.3 is 15.7 Å². The Morgan fingerprint density at radius 1 is 1.07 bits per heavy atom. The van der Waals surface area contributed by atoms with Crippen molar-refractivity contribution in [3.8, 4) is 0 Å². The molecule has 4 aliphatic rings. The second-order valence-electron chi connectivity index (χ2n) is 10.6. The number of amides is 2. The molecule has 3 fully saturated rings. The Morgan fingerprint density at radius 2 is 1.83 bits per heavy atom. The summed E-state index contributed by atoms with van der Waals surface area (Å²) in [6.07, 6.45) is 10.8. The van der Waals surface area contributed by atoms with Crippen LogP contribution in [0.15, 0.2) is 11.6 Å². The summed E-state index contributed by atoms with van der Waals surface area (Å²) in [4.78, 5) is 24.0. The van der Waals surface area contributed by atoms with Crippen LogP contribution in [0.25, 0.3) is 0 Å². The number of hydrogen-bond donors (Lipinski definition) is 3. The monoisotopic (exact) mass is 402 g/mol. The Labute approximate surface area is 175 Å². The molecule has 29 heavy (non-hydrogen) atoms. The minimum atomic E-state index is -0.156. The normalized spacial score (nSPS) is 43.4. The number of aliphatic hydroxyl groups excluding tert-OH is 1. The Bertz CT molecular complexity index is 704. The Balaban J connectivity index is 1.46. The minimum absolute atomic E-state index is 0.0566. The average Bonchev–Trinajstić information content (AvgIpc) is 3.03. The van der Waals surface area contributed by atoms with Crippen molar-refractivity contribution in [2.24, 2.45) is 34.5 Å². The summed E-state index contributed by atoms with van der Waals surface area (Å²) in [7, 11) is 0. The van der Waals surface area contributed by atoms with Crippen LogP contribution in [0, 0.1) is 34.5 Å². The topological polar surface area (TPSA) is 78.4 Å². The van der Waals surface area contributed by atoms with Crippen LogP contribution in [0.2, 0.25) is 0 Å². The van der Waals surface area contributed by atoms with E-state index in [1.807, 2.05) is 0 Å². The van der Waals surface area contributed by atoms with Crippen LogP contribution < -0.4 is 10.6 Å². The van der Waals surface area contributed by atoms with Gasteiger partial charge >= 0.3 is 0 Å². The van der Waals surface area contributed by atoms with Crippen molar-refractivity contribution in [1.82, 2.24) is 10.6 Å². The molecule has 5 heteroatoms. The Hall–Kier alpha value is -1.36. The number of allylic oxidation sites excluding steroid dienone is 1. The van der Waals surface area contributed by atoms with Crippen molar-refractivity contribution in [3.05, 3.63) is 11.6 Å². The standard InChI is InChI=1S/C24H38N2O3/c1-15(27)25-12-13-26-22(29)21-7-6-19-18-5-4-16-14-17(28)8-10-23(16,2)20(18)9-11-24(19,21)3/h4,17-21,28H,5-14H2,1-3H3,(H,25,27)(H,26,29)/t17-,18-,19-,20-,21+,23-,24-/m0/s1. The lowest BCUT2D eigenvalue weighted by atomic mass is 9.47. The Kier molecular flexibility index (Phi) is 5.56. The van der Waals surface area contributed by atoms with Crippen molar-refractivity contribution in [2.75, 3.05) is 13.1 Å². The van der Waals surface area contributed by atoms with Gasteiger partial charge in [-0.05, 0) is 80.0 Å². The van der Waals surface area contributed by atoms with Gasteiger partial charge in [0.2, 0.25) is 11.8 Å². The summed E-state index contributed by atoms with van der Waals surface area (Å²) in [5, 5.41) is 16.0. The summed E-state index contributed by atoms with van der Waals surface area (Å²) in [5.74, 6) is 2.22. The molecule has 0 unspecified atom stereocenters. The zero-order valence-electron chi connectivity index (χ0n) is 18.3. The molecule has 0 aromatic rings. The van der Waals surface area contributed by atoms with E-state index in [0.29, 0.717) is 30.8 Å². The van der Waals surface area contributed by atoms with Crippen LogP contribution >= 0.6 is 0 Å². The third-order valence-electron chi connectivity index (χ3n) is 9.19. The van der Waals surface area contributed by atoms with E-state index < -0.39 is 0 Å². The third-order valence-corrected chi connectivity index (χ3v) is 9.19. The lowest BCUT2D eigenvalue weighted by Gasteiger charge is -2.57. The van der Waals surface area contributed by atoms with E-state index in [2.05, 4.69) is 30.6 Å². The highest BCUT2D eigenvalue weighted by molar-refractivity contribution is 5.80. The van der Waals surface area contributed by atoms with Crippen molar-refractivity contribution >= 4 is 11.8 Å². The van der Waals surface area contributed by atoms with Gasteiger partial charge in [0.15, 0.2) is 0 Å². The molecule has 5 nitrogen and oxygen atoms in total.